The third kappa shape index (κ3) is 2.71. The highest BCUT2D eigenvalue weighted by atomic mass is 31.2. The van der Waals surface area contributed by atoms with Crippen molar-refractivity contribution in [3.8, 4) is 28.4 Å². The highest BCUT2D eigenvalue weighted by Gasteiger charge is 2.41. The van der Waals surface area contributed by atoms with Crippen LogP contribution in [-0.2, 0) is 11.1 Å². The fraction of sp³-hybridized carbons (Fsp3) is 0.143. The molecular formula is C28H24NO4P. The highest BCUT2D eigenvalue weighted by molar-refractivity contribution is 7.75. The lowest BCUT2D eigenvalue weighted by atomic mass is 10.0. The van der Waals surface area contributed by atoms with Gasteiger partial charge in [0.25, 0.3) is 0 Å². The van der Waals surface area contributed by atoms with Crippen molar-refractivity contribution in [2.24, 2.45) is 0 Å². The van der Waals surface area contributed by atoms with E-state index in [2.05, 4.69) is 23.6 Å². The van der Waals surface area contributed by atoms with Gasteiger partial charge in [-0.15, -0.1) is 0 Å². The molecule has 0 fully saturated rings. The number of rotatable bonds is 4. The number of benzene rings is 4. The molecule has 6 heteroatoms. The Hall–Kier alpha value is -3.69. The molecule has 0 spiro atoms. The quantitative estimate of drug-likeness (QED) is 0.298. The Morgan fingerprint density at radius 1 is 0.853 bits per heavy atom. The first-order valence-corrected chi connectivity index (χ1v) is 12.9. The van der Waals surface area contributed by atoms with Gasteiger partial charge in [0.2, 0.25) is 0 Å². The molecule has 1 atom stereocenters. The maximum Gasteiger partial charge on any atom is 0.311 e. The van der Waals surface area contributed by atoms with E-state index in [9.17, 15) is 4.57 Å². The van der Waals surface area contributed by atoms with Crippen molar-refractivity contribution in [2.45, 2.75) is 13.5 Å². The topological polar surface area (TPSA) is 49.7 Å². The van der Waals surface area contributed by atoms with Crippen LogP contribution in [0, 0.1) is 0 Å². The minimum atomic E-state index is -3.58. The monoisotopic (exact) mass is 469 g/mol. The first-order valence-electron chi connectivity index (χ1n) is 11.3. The van der Waals surface area contributed by atoms with Crippen molar-refractivity contribution in [1.29, 1.82) is 0 Å². The van der Waals surface area contributed by atoms with Crippen molar-refractivity contribution in [1.82, 2.24) is 4.57 Å². The molecule has 0 N–H and O–H groups in total. The number of aromatic nitrogens is 1. The second-order valence-electron chi connectivity index (χ2n) is 8.27. The van der Waals surface area contributed by atoms with E-state index in [1.165, 1.54) is 0 Å². The normalized spacial score (nSPS) is 16.7. The molecule has 0 bridgehead atoms. The second kappa shape index (κ2) is 7.68. The standard InChI is InChI=1S/C28H24NO4P/c1-4-29-21-14-8-5-13-20(21)26-27(29)23(31-2)17-25(28(26)32-3)34(30)24-16-10-7-12-19(24)18-11-6-9-15-22(18)33-34/h5-17H,4H2,1-3H3. The number of hydrogen-bond donors (Lipinski definition) is 0. The van der Waals surface area contributed by atoms with E-state index in [0.29, 0.717) is 27.9 Å². The molecule has 0 amide bonds. The summed E-state index contributed by atoms with van der Waals surface area (Å²) in [5, 5.41) is 3.06. The number of nitrogens with zero attached hydrogens (tertiary/aromatic N) is 1. The van der Waals surface area contributed by atoms with Crippen LogP contribution in [0.3, 0.4) is 0 Å². The van der Waals surface area contributed by atoms with Gasteiger partial charge in [-0.25, -0.2) is 0 Å². The van der Waals surface area contributed by atoms with Crippen LogP contribution in [0.2, 0.25) is 0 Å². The van der Waals surface area contributed by atoms with E-state index in [1.54, 1.807) is 14.2 Å². The van der Waals surface area contributed by atoms with Gasteiger partial charge in [0.1, 0.15) is 17.2 Å². The predicted octanol–water partition coefficient (Wildman–Crippen LogP) is 6.12. The number of fused-ring (bicyclic) bond motifs is 6. The van der Waals surface area contributed by atoms with Crippen molar-refractivity contribution < 1.29 is 18.6 Å². The zero-order valence-electron chi connectivity index (χ0n) is 19.2. The molecule has 0 saturated heterocycles. The van der Waals surface area contributed by atoms with Crippen LogP contribution in [-0.4, -0.2) is 18.8 Å². The number of hydrogen-bond acceptors (Lipinski definition) is 4. The summed E-state index contributed by atoms with van der Waals surface area (Å²) in [6.07, 6.45) is 0. The van der Waals surface area contributed by atoms with Gasteiger partial charge in [0.15, 0.2) is 0 Å². The van der Waals surface area contributed by atoms with Crippen LogP contribution in [0.25, 0.3) is 32.9 Å². The number of para-hydroxylation sites is 2. The molecule has 1 aliphatic heterocycles. The van der Waals surface area contributed by atoms with Gasteiger partial charge >= 0.3 is 7.37 Å². The van der Waals surface area contributed by atoms with Gasteiger partial charge in [-0.05, 0) is 30.7 Å². The molecule has 0 saturated carbocycles. The maximum atomic E-state index is 15.0. The molecule has 4 aromatic carbocycles. The largest absolute Gasteiger partial charge is 0.495 e. The molecule has 1 aliphatic rings. The average molecular weight is 469 g/mol. The van der Waals surface area contributed by atoms with Crippen LogP contribution >= 0.6 is 7.37 Å². The van der Waals surface area contributed by atoms with Gasteiger partial charge < -0.3 is 18.6 Å². The van der Waals surface area contributed by atoms with Gasteiger partial charge in [-0.2, -0.15) is 0 Å². The van der Waals surface area contributed by atoms with Crippen LogP contribution < -0.4 is 24.6 Å². The average Bonchev–Trinajstić information content (AvgIpc) is 3.22. The molecule has 5 nitrogen and oxygen atoms in total. The second-order valence-corrected chi connectivity index (χ2v) is 10.5. The molecule has 1 unspecified atom stereocenters. The molecule has 0 aliphatic carbocycles. The molecule has 5 aromatic rings. The lowest BCUT2D eigenvalue weighted by Crippen LogP contribution is -2.26. The minimum Gasteiger partial charge on any atom is -0.495 e. The van der Waals surface area contributed by atoms with Crippen LogP contribution in [0.15, 0.2) is 78.9 Å². The van der Waals surface area contributed by atoms with Crippen molar-refractivity contribution in [3.63, 3.8) is 0 Å². The Balaban J connectivity index is 1.76. The zero-order valence-corrected chi connectivity index (χ0v) is 20.1. The molecule has 6 rings (SSSR count). The fourth-order valence-electron chi connectivity index (χ4n) is 5.18. The van der Waals surface area contributed by atoms with Crippen molar-refractivity contribution >= 4 is 39.8 Å². The van der Waals surface area contributed by atoms with Crippen molar-refractivity contribution in [2.75, 3.05) is 14.2 Å². The fourth-order valence-corrected chi connectivity index (χ4v) is 7.62. The van der Waals surface area contributed by atoms with E-state index in [4.69, 9.17) is 14.0 Å². The van der Waals surface area contributed by atoms with E-state index < -0.39 is 7.37 Å². The first-order chi connectivity index (χ1) is 16.6. The Bertz CT molecular complexity index is 1640. The lowest BCUT2D eigenvalue weighted by molar-refractivity contribution is 0.410. The SMILES string of the molecule is CCn1c2ccccc2c2c(OC)c(P3(=O)Oc4ccccc4-c4ccccc43)cc(OC)c21. The van der Waals surface area contributed by atoms with E-state index in [1.807, 2.05) is 66.7 Å². The highest BCUT2D eigenvalue weighted by Crippen LogP contribution is 2.57. The number of aryl methyl sites for hydroxylation is 1. The Kier molecular flexibility index (Phi) is 4.72. The Labute approximate surface area is 197 Å². The smallest absolute Gasteiger partial charge is 0.311 e. The van der Waals surface area contributed by atoms with Gasteiger partial charge in [-0.1, -0.05) is 54.6 Å². The van der Waals surface area contributed by atoms with E-state index >= 15 is 0 Å². The van der Waals surface area contributed by atoms with Crippen LogP contribution in [0.1, 0.15) is 6.92 Å². The third-order valence-electron chi connectivity index (χ3n) is 6.61. The Morgan fingerprint density at radius 3 is 2.32 bits per heavy atom. The van der Waals surface area contributed by atoms with Crippen molar-refractivity contribution in [3.05, 3.63) is 78.9 Å². The summed E-state index contributed by atoms with van der Waals surface area (Å²) in [7, 11) is -0.312. The van der Waals surface area contributed by atoms with Gasteiger partial charge in [0.05, 0.1) is 35.7 Å². The molecular weight excluding hydrogens is 445 g/mol. The minimum absolute atomic E-state index is 0.500. The number of ether oxygens (including phenoxy) is 2. The summed E-state index contributed by atoms with van der Waals surface area (Å²) in [6.45, 7) is 2.86. The Morgan fingerprint density at radius 2 is 1.56 bits per heavy atom. The van der Waals surface area contributed by atoms with Gasteiger partial charge in [0, 0.05) is 29.1 Å². The number of methoxy groups -OCH3 is 2. The van der Waals surface area contributed by atoms with E-state index in [0.717, 1.165) is 39.5 Å². The summed E-state index contributed by atoms with van der Waals surface area (Å²) in [5.74, 6) is 1.79. The molecule has 2 heterocycles. The maximum absolute atomic E-state index is 15.0. The molecule has 1 aromatic heterocycles. The zero-order chi connectivity index (χ0) is 23.4. The lowest BCUT2D eigenvalue weighted by Gasteiger charge is -2.30. The molecule has 170 valence electrons. The third-order valence-corrected chi connectivity index (χ3v) is 9.06. The first kappa shape index (κ1) is 20.9. The molecule has 0 radical (unpaired) electrons. The summed E-state index contributed by atoms with van der Waals surface area (Å²) < 4.78 is 35.5. The van der Waals surface area contributed by atoms with E-state index in [-0.39, 0.29) is 0 Å². The summed E-state index contributed by atoms with van der Waals surface area (Å²) in [5.41, 5.74) is 3.83. The van der Waals surface area contributed by atoms with Gasteiger partial charge in [-0.3, -0.25) is 4.57 Å². The molecule has 34 heavy (non-hydrogen) atoms. The predicted molar refractivity (Wildman–Crippen MR) is 138 cm³/mol. The summed E-state index contributed by atoms with van der Waals surface area (Å²) in [4.78, 5) is 0. The summed E-state index contributed by atoms with van der Waals surface area (Å²) >= 11 is 0. The summed E-state index contributed by atoms with van der Waals surface area (Å²) in [6, 6.07) is 25.5. The van der Waals surface area contributed by atoms with Crippen LogP contribution in [0.4, 0.5) is 0 Å². The van der Waals surface area contributed by atoms with Crippen LogP contribution in [0.5, 0.6) is 17.2 Å².